The highest BCUT2D eigenvalue weighted by Crippen LogP contribution is 2.78. The van der Waals surface area contributed by atoms with Crippen LogP contribution in [0.15, 0.2) is 0 Å². The van der Waals surface area contributed by atoms with Crippen LogP contribution in [-0.4, -0.2) is 21.9 Å². The standard InChI is InChI=1S/C30H52O2/c1-25(2)14-9-15-28(6)23-11-10-22-27(5)16-12-19(26(3,4)32)20(27)13-17-29(22,7)30(23,8)18-21(31)24(25)28/h19-24,31-32H,9-18H2,1-8H3/t19-,20+,21+,22-,23-,24+,27+,28-,29-,30-/m1/s1. The Hall–Kier alpha value is -0.0800. The molecule has 2 N–H and O–H groups in total. The van der Waals surface area contributed by atoms with Crippen molar-refractivity contribution in [3.05, 3.63) is 0 Å². The molecule has 32 heavy (non-hydrogen) atoms. The molecule has 184 valence electrons. The van der Waals surface area contributed by atoms with E-state index in [1.165, 1.54) is 57.8 Å². The van der Waals surface area contributed by atoms with Gasteiger partial charge >= 0.3 is 0 Å². The predicted octanol–water partition coefficient (Wildman–Crippen LogP) is 7.22. The second-order valence-electron chi connectivity index (χ2n) is 15.6. The van der Waals surface area contributed by atoms with Crippen LogP contribution in [0.4, 0.5) is 0 Å². The maximum absolute atomic E-state index is 11.8. The van der Waals surface area contributed by atoms with Gasteiger partial charge in [0.15, 0.2) is 0 Å². The van der Waals surface area contributed by atoms with E-state index in [0.717, 1.165) is 18.3 Å². The molecular formula is C30H52O2. The average Bonchev–Trinajstić information content (AvgIpc) is 2.98. The SMILES string of the molecule is CC(C)(O)[C@@H]1CC[C@]2(C)[C@H]3CC[C@@H]4[C@@]5(C)CCCC(C)(C)[C@@H]5[C@@H](O)C[C@@]4(C)[C@]3(C)CC[C@@H]12. The van der Waals surface area contributed by atoms with Gasteiger partial charge in [-0.3, -0.25) is 0 Å². The Morgan fingerprint density at radius 1 is 0.719 bits per heavy atom. The summed E-state index contributed by atoms with van der Waals surface area (Å²) in [5.74, 6) is 3.01. The fourth-order valence-electron chi connectivity index (χ4n) is 12.3. The average molecular weight is 445 g/mol. The molecule has 0 spiro atoms. The Bertz CT molecular complexity index is 765. The van der Waals surface area contributed by atoms with E-state index >= 15 is 0 Å². The number of rotatable bonds is 1. The minimum atomic E-state index is -0.563. The van der Waals surface area contributed by atoms with Crippen molar-refractivity contribution in [1.29, 1.82) is 0 Å². The minimum Gasteiger partial charge on any atom is -0.393 e. The summed E-state index contributed by atoms with van der Waals surface area (Å²) in [6, 6.07) is 0. The van der Waals surface area contributed by atoms with Crippen LogP contribution >= 0.6 is 0 Å². The summed E-state index contributed by atoms with van der Waals surface area (Å²) in [6.45, 7) is 19.4. The van der Waals surface area contributed by atoms with Gasteiger partial charge in [-0.2, -0.15) is 0 Å². The quantitative estimate of drug-likeness (QED) is 0.448. The van der Waals surface area contributed by atoms with Crippen molar-refractivity contribution in [2.24, 2.45) is 56.7 Å². The number of hydrogen-bond acceptors (Lipinski definition) is 2. The molecule has 0 unspecified atom stereocenters. The van der Waals surface area contributed by atoms with Crippen molar-refractivity contribution in [3.8, 4) is 0 Å². The Balaban J connectivity index is 1.54. The van der Waals surface area contributed by atoms with Crippen LogP contribution in [0.2, 0.25) is 0 Å². The Morgan fingerprint density at radius 2 is 1.34 bits per heavy atom. The molecule has 0 aromatic rings. The molecule has 5 fully saturated rings. The number of aliphatic hydroxyl groups excluding tert-OH is 1. The molecule has 0 radical (unpaired) electrons. The number of hydrogen-bond donors (Lipinski definition) is 2. The number of aliphatic hydroxyl groups is 2. The second kappa shape index (κ2) is 6.77. The highest BCUT2D eigenvalue weighted by molar-refractivity contribution is 5.20. The summed E-state index contributed by atoms with van der Waals surface area (Å²) in [4.78, 5) is 0. The van der Waals surface area contributed by atoms with Crippen LogP contribution in [0.5, 0.6) is 0 Å². The lowest BCUT2D eigenvalue weighted by atomic mass is 9.31. The third-order valence-electron chi connectivity index (χ3n) is 13.5. The maximum Gasteiger partial charge on any atom is 0.0622 e. The molecule has 0 saturated heterocycles. The first-order valence-corrected chi connectivity index (χ1v) is 14.0. The summed E-state index contributed by atoms with van der Waals surface area (Å²) in [6.07, 6.45) is 12.5. The molecule has 2 heteroatoms. The Labute approximate surface area is 198 Å². The molecule has 0 bridgehead atoms. The zero-order valence-corrected chi connectivity index (χ0v) is 22.4. The van der Waals surface area contributed by atoms with Gasteiger partial charge in [-0.05, 0) is 128 Å². The molecule has 5 saturated carbocycles. The molecule has 0 aromatic carbocycles. The van der Waals surface area contributed by atoms with Gasteiger partial charge in [0.25, 0.3) is 0 Å². The van der Waals surface area contributed by atoms with Gasteiger partial charge in [-0.1, -0.05) is 48.0 Å². The smallest absolute Gasteiger partial charge is 0.0622 e. The lowest BCUT2D eigenvalue weighted by Gasteiger charge is -2.73. The van der Waals surface area contributed by atoms with Crippen LogP contribution in [-0.2, 0) is 0 Å². The van der Waals surface area contributed by atoms with E-state index in [9.17, 15) is 10.2 Å². The molecule has 0 heterocycles. The van der Waals surface area contributed by atoms with Crippen LogP contribution in [0.3, 0.4) is 0 Å². The van der Waals surface area contributed by atoms with Crippen LogP contribution in [0.25, 0.3) is 0 Å². The Morgan fingerprint density at radius 3 is 1.97 bits per heavy atom. The van der Waals surface area contributed by atoms with E-state index in [-0.39, 0.29) is 22.3 Å². The van der Waals surface area contributed by atoms with Gasteiger partial charge in [0.2, 0.25) is 0 Å². The lowest BCUT2D eigenvalue weighted by molar-refractivity contribution is -0.268. The molecule has 2 nitrogen and oxygen atoms in total. The molecule has 0 aromatic heterocycles. The fraction of sp³-hybridized carbons (Fsp3) is 1.00. The van der Waals surface area contributed by atoms with Crippen molar-refractivity contribution in [2.45, 2.75) is 131 Å². The largest absolute Gasteiger partial charge is 0.393 e. The fourth-order valence-corrected chi connectivity index (χ4v) is 12.3. The monoisotopic (exact) mass is 444 g/mol. The zero-order valence-electron chi connectivity index (χ0n) is 22.4. The molecule has 0 aliphatic heterocycles. The van der Waals surface area contributed by atoms with Gasteiger partial charge in [-0.25, -0.2) is 0 Å². The summed E-state index contributed by atoms with van der Waals surface area (Å²) < 4.78 is 0. The highest BCUT2D eigenvalue weighted by atomic mass is 16.3. The van der Waals surface area contributed by atoms with Crippen molar-refractivity contribution in [3.63, 3.8) is 0 Å². The molecule has 10 atom stereocenters. The molecule has 5 aliphatic carbocycles. The second-order valence-corrected chi connectivity index (χ2v) is 15.6. The first-order valence-electron chi connectivity index (χ1n) is 14.0. The van der Waals surface area contributed by atoms with Gasteiger partial charge in [0.05, 0.1) is 11.7 Å². The lowest BCUT2D eigenvalue weighted by Crippen LogP contribution is -2.68. The van der Waals surface area contributed by atoms with Crippen molar-refractivity contribution < 1.29 is 10.2 Å². The third-order valence-corrected chi connectivity index (χ3v) is 13.5. The summed E-state index contributed by atoms with van der Waals surface area (Å²) in [5, 5.41) is 22.8. The zero-order chi connectivity index (χ0) is 23.5. The van der Waals surface area contributed by atoms with Gasteiger partial charge in [0.1, 0.15) is 0 Å². The first-order chi connectivity index (χ1) is 14.6. The first kappa shape index (κ1) is 23.7. The summed E-state index contributed by atoms with van der Waals surface area (Å²) in [7, 11) is 0. The Kier molecular flexibility index (Phi) is 5.01. The normalized spacial score (nSPS) is 57.2. The maximum atomic E-state index is 11.8. The van der Waals surface area contributed by atoms with Crippen molar-refractivity contribution in [1.82, 2.24) is 0 Å². The van der Waals surface area contributed by atoms with E-state index in [4.69, 9.17) is 0 Å². The molecular weight excluding hydrogens is 392 g/mol. The van der Waals surface area contributed by atoms with Gasteiger partial charge in [0, 0.05) is 0 Å². The van der Waals surface area contributed by atoms with E-state index in [1.807, 2.05) is 0 Å². The minimum absolute atomic E-state index is 0.162. The highest BCUT2D eigenvalue weighted by Gasteiger charge is 2.72. The van der Waals surface area contributed by atoms with E-state index in [0.29, 0.717) is 28.6 Å². The van der Waals surface area contributed by atoms with E-state index < -0.39 is 5.60 Å². The molecule has 0 amide bonds. The van der Waals surface area contributed by atoms with Crippen LogP contribution in [0, 0.1) is 56.7 Å². The molecule has 5 aliphatic rings. The van der Waals surface area contributed by atoms with Crippen LogP contribution in [0.1, 0.15) is 120 Å². The predicted molar refractivity (Wildman–Crippen MR) is 132 cm³/mol. The summed E-state index contributed by atoms with van der Waals surface area (Å²) >= 11 is 0. The van der Waals surface area contributed by atoms with E-state index in [2.05, 4.69) is 55.4 Å². The van der Waals surface area contributed by atoms with Crippen LogP contribution < -0.4 is 0 Å². The van der Waals surface area contributed by atoms with Crippen molar-refractivity contribution >= 4 is 0 Å². The van der Waals surface area contributed by atoms with Crippen molar-refractivity contribution in [2.75, 3.05) is 0 Å². The van der Waals surface area contributed by atoms with Gasteiger partial charge < -0.3 is 10.2 Å². The summed E-state index contributed by atoms with van der Waals surface area (Å²) in [5.41, 5.74) is 0.819. The number of fused-ring (bicyclic) bond motifs is 7. The van der Waals surface area contributed by atoms with E-state index in [1.54, 1.807) is 0 Å². The molecule has 5 rings (SSSR count). The topological polar surface area (TPSA) is 40.5 Å². The third kappa shape index (κ3) is 2.78. The van der Waals surface area contributed by atoms with Gasteiger partial charge in [-0.15, -0.1) is 0 Å².